The number of amides is 1. The summed E-state index contributed by atoms with van der Waals surface area (Å²) in [7, 11) is 2.05. The number of imidazole rings is 1. The van der Waals surface area contributed by atoms with Crippen LogP contribution < -0.4 is 5.56 Å². The third-order valence-electron chi connectivity index (χ3n) is 5.86. The molecule has 3 heterocycles. The van der Waals surface area contributed by atoms with Crippen molar-refractivity contribution >= 4 is 34.2 Å². The third kappa shape index (κ3) is 3.49. The number of rotatable bonds is 3. The van der Waals surface area contributed by atoms with E-state index in [2.05, 4.69) is 9.88 Å². The summed E-state index contributed by atoms with van der Waals surface area (Å²) in [6.45, 7) is 3.26. The highest BCUT2D eigenvalue weighted by molar-refractivity contribution is 6.31. The van der Waals surface area contributed by atoms with Crippen molar-refractivity contribution in [1.82, 2.24) is 23.8 Å². The molecule has 7 nitrogen and oxygen atoms in total. The van der Waals surface area contributed by atoms with Crippen molar-refractivity contribution in [2.24, 2.45) is 0 Å². The van der Waals surface area contributed by atoms with E-state index in [1.54, 1.807) is 22.9 Å². The maximum atomic E-state index is 13.3. The van der Waals surface area contributed by atoms with Gasteiger partial charge in [0.05, 0.1) is 17.4 Å². The van der Waals surface area contributed by atoms with Gasteiger partial charge in [0.2, 0.25) is 5.78 Å². The molecular formula is C23H22ClN5O2. The molecule has 0 bridgehead atoms. The fourth-order valence-corrected chi connectivity index (χ4v) is 4.25. The molecule has 1 aliphatic heterocycles. The van der Waals surface area contributed by atoms with Crippen LogP contribution in [0.5, 0.6) is 0 Å². The lowest BCUT2D eigenvalue weighted by Crippen LogP contribution is -2.47. The van der Waals surface area contributed by atoms with Gasteiger partial charge in [-0.2, -0.15) is 0 Å². The molecule has 2 aromatic carbocycles. The van der Waals surface area contributed by atoms with Gasteiger partial charge in [-0.25, -0.2) is 4.98 Å². The normalized spacial score (nSPS) is 15.1. The van der Waals surface area contributed by atoms with Crippen molar-refractivity contribution in [3.8, 4) is 0 Å². The minimum Gasteiger partial charge on any atom is -0.335 e. The lowest BCUT2D eigenvalue weighted by molar-refractivity contribution is 0.0659. The minimum absolute atomic E-state index is 0.113. The molecule has 0 aliphatic carbocycles. The first-order valence-electron chi connectivity index (χ1n) is 10.2. The van der Waals surface area contributed by atoms with Crippen LogP contribution in [0.1, 0.15) is 16.1 Å². The average molecular weight is 436 g/mol. The Hall–Kier alpha value is -3.16. The molecular weight excluding hydrogens is 414 g/mol. The van der Waals surface area contributed by atoms with Crippen LogP contribution in [-0.2, 0) is 6.54 Å². The van der Waals surface area contributed by atoms with Gasteiger partial charge in [-0.3, -0.25) is 18.6 Å². The number of halogens is 1. The quantitative estimate of drug-likeness (QED) is 0.496. The van der Waals surface area contributed by atoms with Crippen LogP contribution in [0.15, 0.2) is 59.5 Å². The highest BCUT2D eigenvalue weighted by Gasteiger charge is 2.24. The van der Waals surface area contributed by atoms with E-state index in [0.717, 1.165) is 24.2 Å². The monoisotopic (exact) mass is 435 g/mol. The summed E-state index contributed by atoms with van der Waals surface area (Å²) >= 11 is 6.36. The van der Waals surface area contributed by atoms with E-state index in [1.165, 1.54) is 0 Å². The van der Waals surface area contributed by atoms with Crippen molar-refractivity contribution in [3.05, 3.63) is 81.4 Å². The Labute approximate surface area is 184 Å². The number of hydrogen-bond acceptors (Lipinski definition) is 4. The van der Waals surface area contributed by atoms with Gasteiger partial charge in [0.25, 0.3) is 11.5 Å². The van der Waals surface area contributed by atoms with E-state index < -0.39 is 0 Å². The maximum absolute atomic E-state index is 13.3. The Balaban J connectivity index is 1.67. The Kier molecular flexibility index (Phi) is 5.00. The zero-order valence-corrected chi connectivity index (χ0v) is 17.9. The van der Waals surface area contributed by atoms with Crippen LogP contribution in [0, 0.1) is 0 Å². The van der Waals surface area contributed by atoms with Crippen LogP contribution in [0.4, 0.5) is 0 Å². The Morgan fingerprint density at radius 2 is 1.74 bits per heavy atom. The SMILES string of the molecule is CN1CCN(C(=O)c2cn3c4ccccc4c(=O)n(Cc4ccccc4Cl)c3n2)CC1. The Bertz CT molecular complexity index is 1350. The smallest absolute Gasteiger partial charge is 0.274 e. The molecule has 31 heavy (non-hydrogen) atoms. The van der Waals surface area contributed by atoms with Crippen LogP contribution in [0.3, 0.4) is 0 Å². The van der Waals surface area contributed by atoms with E-state index in [-0.39, 0.29) is 18.0 Å². The highest BCUT2D eigenvalue weighted by Crippen LogP contribution is 2.20. The maximum Gasteiger partial charge on any atom is 0.274 e. The lowest BCUT2D eigenvalue weighted by atomic mass is 10.2. The molecule has 0 N–H and O–H groups in total. The molecule has 5 rings (SSSR count). The van der Waals surface area contributed by atoms with Gasteiger partial charge in [0.15, 0.2) is 0 Å². The summed E-state index contributed by atoms with van der Waals surface area (Å²) in [5, 5.41) is 1.15. The first kappa shape index (κ1) is 19.8. The predicted octanol–water partition coefficient (Wildman–Crippen LogP) is 2.74. The van der Waals surface area contributed by atoms with Gasteiger partial charge in [-0.05, 0) is 30.8 Å². The molecule has 4 aromatic rings. The second-order valence-corrected chi connectivity index (χ2v) is 8.30. The van der Waals surface area contributed by atoms with E-state index in [4.69, 9.17) is 11.6 Å². The highest BCUT2D eigenvalue weighted by atomic mass is 35.5. The number of hydrogen-bond donors (Lipinski definition) is 0. The van der Waals surface area contributed by atoms with Gasteiger partial charge < -0.3 is 9.80 Å². The second kappa shape index (κ2) is 7.83. The summed E-state index contributed by atoms with van der Waals surface area (Å²) in [6.07, 6.45) is 1.74. The number of benzene rings is 2. The lowest BCUT2D eigenvalue weighted by Gasteiger charge is -2.31. The molecule has 2 aromatic heterocycles. The summed E-state index contributed by atoms with van der Waals surface area (Å²) < 4.78 is 3.42. The van der Waals surface area contributed by atoms with Crippen molar-refractivity contribution in [2.75, 3.05) is 33.2 Å². The van der Waals surface area contributed by atoms with Gasteiger partial charge in [-0.15, -0.1) is 0 Å². The van der Waals surface area contributed by atoms with Crippen molar-refractivity contribution < 1.29 is 4.79 Å². The van der Waals surface area contributed by atoms with Gasteiger partial charge in [0, 0.05) is 37.4 Å². The van der Waals surface area contributed by atoms with Crippen LogP contribution >= 0.6 is 11.6 Å². The Morgan fingerprint density at radius 3 is 2.52 bits per heavy atom. The fourth-order valence-electron chi connectivity index (χ4n) is 4.05. The molecule has 1 amide bonds. The van der Waals surface area contributed by atoms with Crippen LogP contribution in [-0.4, -0.2) is 62.9 Å². The van der Waals surface area contributed by atoms with E-state index in [1.807, 2.05) is 52.7 Å². The van der Waals surface area contributed by atoms with E-state index in [9.17, 15) is 9.59 Å². The van der Waals surface area contributed by atoms with Crippen molar-refractivity contribution in [3.63, 3.8) is 0 Å². The summed E-state index contributed by atoms with van der Waals surface area (Å²) in [5.41, 5.74) is 1.72. The Morgan fingerprint density at radius 1 is 1.03 bits per heavy atom. The number of aromatic nitrogens is 3. The summed E-state index contributed by atoms with van der Waals surface area (Å²) in [4.78, 5) is 35.1. The molecule has 8 heteroatoms. The van der Waals surface area contributed by atoms with Gasteiger partial charge >= 0.3 is 0 Å². The van der Waals surface area contributed by atoms with Crippen molar-refractivity contribution in [1.29, 1.82) is 0 Å². The van der Waals surface area contributed by atoms with Gasteiger partial charge in [0.1, 0.15) is 5.69 Å². The number of para-hydroxylation sites is 1. The van der Waals surface area contributed by atoms with E-state index in [0.29, 0.717) is 35.0 Å². The number of piperazine rings is 1. The largest absolute Gasteiger partial charge is 0.335 e. The standard InChI is InChI=1S/C23H22ClN5O2/c1-26-10-12-27(13-11-26)22(31)19-15-28-20-9-5-3-7-17(20)21(30)29(23(28)25-19)14-16-6-2-4-8-18(16)24/h2-9,15H,10-14H2,1H3. The fraction of sp³-hybridized carbons (Fsp3) is 0.261. The van der Waals surface area contributed by atoms with Crippen molar-refractivity contribution in [2.45, 2.75) is 6.54 Å². The number of carbonyl (C=O) groups excluding carboxylic acids is 1. The zero-order valence-electron chi connectivity index (χ0n) is 17.2. The summed E-state index contributed by atoms with van der Waals surface area (Å²) in [6, 6.07) is 14.8. The summed E-state index contributed by atoms with van der Waals surface area (Å²) in [5.74, 6) is 0.318. The zero-order chi connectivity index (χ0) is 21.5. The molecule has 0 radical (unpaired) electrons. The van der Waals surface area contributed by atoms with E-state index >= 15 is 0 Å². The third-order valence-corrected chi connectivity index (χ3v) is 6.23. The van der Waals surface area contributed by atoms with Crippen LogP contribution in [0.25, 0.3) is 16.7 Å². The molecule has 1 aliphatic rings. The number of carbonyl (C=O) groups is 1. The first-order chi connectivity index (χ1) is 15.0. The average Bonchev–Trinajstić information content (AvgIpc) is 3.23. The second-order valence-electron chi connectivity index (χ2n) is 7.89. The predicted molar refractivity (Wildman–Crippen MR) is 121 cm³/mol. The topological polar surface area (TPSA) is 62.9 Å². The van der Waals surface area contributed by atoms with Gasteiger partial charge in [-0.1, -0.05) is 41.9 Å². The van der Waals surface area contributed by atoms with Crippen LogP contribution in [0.2, 0.25) is 5.02 Å². The molecule has 1 fully saturated rings. The molecule has 0 saturated carbocycles. The number of nitrogens with zero attached hydrogens (tertiary/aromatic N) is 5. The molecule has 0 unspecified atom stereocenters. The molecule has 0 atom stereocenters. The molecule has 158 valence electrons. The number of likely N-dealkylation sites (N-methyl/N-ethyl adjacent to an activating group) is 1. The molecule has 0 spiro atoms. The minimum atomic E-state index is -0.160. The number of fused-ring (bicyclic) bond motifs is 3. The molecule has 1 saturated heterocycles. The first-order valence-corrected chi connectivity index (χ1v) is 10.6.